The second kappa shape index (κ2) is 11.6. The Kier molecular flexibility index (Phi) is 8.07. The molecule has 36 heavy (non-hydrogen) atoms. The molecule has 2 aromatic carbocycles. The Labute approximate surface area is 219 Å². The van der Waals surface area contributed by atoms with E-state index in [1.54, 1.807) is 0 Å². The fraction of sp³-hybridized carbons (Fsp3) is 0.517. The fourth-order valence-corrected chi connectivity index (χ4v) is 6.22. The summed E-state index contributed by atoms with van der Waals surface area (Å²) in [6.07, 6.45) is 6.83. The van der Waals surface area contributed by atoms with Crippen molar-refractivity contribution >= 4 is 28.4 Å². The van der Waals surface area contributed by atoms with Crippen molar-refractivity contribution in [2.45, 2.75) is 64.1 Å². The van der Waals surface area contributed by atoms with Crippen LogP contribution in [0.1, 0.15) is 63.1 Å². The quantitative estimate of drug-likeness (QED) is 0.460. The van der Waals surface area contributed by atoms with E-state index in [0.29, 0.717) is 0 Å². The third-order valence-electron chi connectivity index (χ3n) is 7.93. The maximum Gasteiger partial charge on any atom is 0.329 e. The van der Waals surface area contributed by atoms with E-state index in [4.69, 9.17) is 12.2 Å². The summed E-state index contributed by atoms with van der Waals surface area (Å²) in [5, 5.41) is 4.30. The zero-order valence-corrected chi connectivity index (χ0v) is 22.3. The van der Waals surface area contributed by atoms with E-state index in [1.807, 2.05) is 16.7 Å². The first kappa shape index (κ1) is 25.0. The Balaban J connectivity index is 1.23. The van der Waals surface area contributed by atoms with Crippen LogP contribution in [0.2, 0.25) is 0 Å². The molecule has 1 unspecified atom stereocenters. The van der Waals surface area contributed by atoms with Crippen molar-refractivity contribution in [3.05, 3.63) is 70.6 Å². The van der Waals surface area contributed by atoms with Gasteiger partial charge >= 0.3 is 5.69 Å². The number of benzene rings is 2. The lowest BCUT2D eigenvalue weighted by Crippen LogP contribution is -2.46. The topological polar surface area (TPSA) is 45.4 Å². The van der Waals surface area contributed by atoms with Crippen LogP contribution in [0.4, 0.5) is 0 Å². The summed E-state index contributed by atoms with van der Waals surface area (Å²) in [5.41, 5.74) is 3.51. The predicted octanol–water partition coefficient (Wildman–Crippen LogP) is 4.95. The van der Waals surface area contributed by atoms with E-state index >= 15 is 0 Å². The van der Waals surface area contributed by atoms with Gasteiger partial charge in [0.1, 0.15) is 0 Å². The second-order valence-electron chi connectivity index (χ2n) is 10.3. The first-order chi connectivity index (χ1) is 17.6. The van der Waals surface area contributed by atoms with Gasteiger partial charge in [0.05, 0.1) is 17.1 Å². The van der Waals surface area contributed by atoms with Gasteiger partial charge in [-0.15, -0.1) is 0 Å². The number of likely N-dealkylation sites (tertiary alicyclic amines) is 2. The number of piperidine rings is 2. The van der Waals surface area contributed by atoms with Gasteiger partial charge in [-0.1, -0.05) is 48.9 Å². The third-order valence-corrected chi connectivity index (χ3v) is 8.31. The van der Waals surface area contributed by atoms with Crippen molar-refractivity contribution < 1.29 is 0 Å². The molecule has 5 rings (SSSR count). The lowest BCUT2D eigenvalue weighted by Gasteiger charge is -2.35. The molecule has 2 aliphatic heterocycles. The van der Waals surface area contributed by atoms with Crippen LogP contribution in [-0.2, 0) is 6.54 Å². The van der Waals surface area contributed by atoms with Gasteiger partial charge in [-0.25, -0.2) is 4.79 Å². The molecule has 1 N–H and O–H groups in total. The van der Waals surface area contributed by atoms with Crippen LogP contribution < -0.4 is 11.0 Å². The van der Waals surface area contributed by atoms with Crippen LogP contribution >= 0.6 is 12.2 Å². The van der Waals surface area contributed by atoms with Gasteiger partial charge in [0.15, 0.2) is 5.11 Å². The minimum atomic E-state index is 0.145. The summed E-state index contributed by atoms with van der Waals surface area (Å²) in [4.78, 5) is 18.5. The number of fused-ring (bicyclic) bond motifs is 1. The van der Waals surface area contributed by atoms with Crippen LogP contribution in [0.3, 0.4) is 0 Å². The van der Waals surface area contributed by atoms with Crippen LogP contribution in [-0.4, -0.2) is 56.8 Å². The van der Waals surface area contributed by atoms with Crippen molar-refractivity contribution in [2.75, 3.05) is 32.7 Å². The van der Waals surface area contributed by atoms with Gasteiger partial charge in [-0.3, -0.25) is 9.13 Å². The molecule has 0 saturated carbocycles. The SMILES string of the molecule is CC(NC(=S)N1CCC(n2c(=O)n(CCCN3CCCCC3)c3ccccc32)CC1)c1ccccc1. The first-order valence-electron chi connectivity index (χ1n) is 13.6. The van der Waals surface area contributed by atoms with E-state index in [9.17, 15) is 4.79 Å². The highest BCUT2D eigenvalue weighted by molar-refractivity contribution is 7.80. The highest BCUT2D eigenvalue weighted by Gasteiger charge is 2.26. The van der Waals surface area contributed by atoms with Gasteiger partial charge in [-0.2, -0.15) is 0 Å². The Morgan fingerprint density at radius 1 is 0.917 bits per heavy atom. The summed E-state index contributed by atoms with van der Waals surface area (Å²) in [5.74, 6) is 0. The molecule has 3 heterocycles. The smallest absolute Gasteiger partial charge is 0.329 e. The monoisotopic (exact) mass is 505 g/mol. The van der Waals surface area contributed by atoms with E-state index in [0.717, 1.165) is 61.6 Å². The molecule has 1 atom stereocenters. The second-order valence-corrected chi connectivity index (χ2v) is 10.7. The number of thiocarbonyl (C=S) groups is 1. The maximum atomic E-state index is 13.6. The number of aromatic nitrogens is 2. The molecule has 2 aliphatic rings. The number of aryl methyl sites for hydroxylation is 1. The highest BCUT2D eigenvalue weighted by Crippen LogP contribution is 2.26. The largest absolute Gasteiger partial charge is 0.356 e. The Morgan fingerprint density at radius 3 is 2.31 bits per heavy atom. The number of para-hydroxylation sites is 2. The zero-order valence-electron chi connectivity index (χ0n) is 21.4. The summed E-state index contributed by atoms with van der Waals surface area (Å²) in [6, 6.07) is 19.1. The van der Waals surface area contributed by atoms with Gasteiger partial charge < -0.3 is 15.1 Å². The van der Waals surface area contributed by atoms with Crippen molar-refractivity contribution in [3.8, 4) is 0 Å². The number of rotatable bonds is 7. The molecule has 0 aliphatic carbocycles. The third kappa shape index (κ3) is 5.52. The number of imidazole rings is 1. The minimum Gasteiger partial charge on any atom is -0.356 e. The number of hydrogen-bond donors (Lipinski definition) is 1. The van der Waals surface area contributed by atoms with E-state index in [2.05, 4.69) is 69.1 Å². The highest BCUT2D eigenvalue weighted by atomic mass is 32.1. The van der Waals surface area contributed by atoms with Crippen LogP contribution in [0, 0.1) is 0 Å². The van der Waals surface area contributed by atoms with Gasteiger partial charge in [0.2, 0.25) is 0 Å². The van der Waals surface area contributed by atoms with Gasteiger partial charge in [-0.05, 0) is 88.6 Å². The van der Waals surface area contributed by atoms with Crippen LogP contribution in [0.15, 0.2) is 59.4 Å². The molecule has 3 aromatic rings. The van der Waals surface area contributed by atoms with E-state index in [1.165, 1.54) is 37.9 Å². The molecule has 0 radical (unpaired) electrons. The average molecular weight is 506 g/mol. The number of nitrogens with one attached hydrogen (secondary N) is 1. The number of nitrogens with zero attached hydrogens (tertiary/aromatic N) is 4. The van der Waals surface area contributed by atoms with Crippen LogP contribution in [0.5, 0.6) is 0 Å². The van der Waals surface area contributed by atoms with Crippen molar-refractivity contribution in [3.63, 3.8) is 0 Å². The number of hydrogen-bond acceptors (Lipinski definition) is 3. The summed E-state index contributed by atoms with van der Waals surface area (Å²) < 4.78 is 4.08. The average Bonchev–Trinajstić information content (AvgIpc) is 3.21. The van der Waals surface area contributed by atoms with Crippen LogP contribution in [0.25, 0.3) is 11.0 Å². The molecule has 2 saturated heterocycles. The fourth-order valence-electron chi connectivity index (χ4n) is 5.87. The molecular formula is C29H39N5OS. The lowest BCUT2D eigenvalue weighted by atomic mass is 10.0. The summed E-state index contributed by atoms with van der Waals surface area (Å²) in [7, 11) is 0. The van der Waals surface area contributed by atoms with Crippen molar-refractivity contribution in [2.24, 2.45) is 0 Å². The van der Waals surface area contributed by atoms with Gasteiger partial charge in [0, 0.05) is 25.7 Å². The molecule has 7 heteroatoms. The maximum absolute atomic E-state index is 13.6. The van der Waals surface area contributed by atoms with E-state index in [-0.39, 0.29) is 17.8 Å². The Hall–Kier alpha value is -2.64. The molecule has 0 amide bonds. The standard InChI is InChI=1S/C29H39N5OS/c1-23(24-11-4-2-5-12-24)30-28(36)32-21-15-25(16-22-32)34-27-14-7-6-13-26(27)33(29(34)35)20-10-19-31-17-8-3-9-18-31/h2,4-7,11-14,23,25H,3,8-10,15-22H2,1H3,(H,30,36). The molecular weight excluding hydrogens is 466 g/mol. The molecule has 2 fully saturated rings. The first-order valence-corrected chi connectivity index (χ1v) is 14.0. The van der Waals surface area contributed by atoms with E-state index < -0.39 is 0 Å². The molecule has 192 valence electrons. The minimum absolute atomic E-state index is 0.145. The zero-order chi connectivity index (χ0) is 24.9. The summed E-state index contributed by atoms with van der Waals surface area (Å²) in [6.45, 7) is 8.14. The van der Waals surface area contributed by atoms with Crippen molar-refractivity contribution in [1.82, 2.24) is 24.3 Å². The Morgan fingerprint density at radius 2 is 1.58 bits per heavy atom. The lowest BCUT2D eigenvalue weighted by molar-refractivity contribution is 0.222. The predicted molar refractivity (Wildman–Crippen MR) is 152 cm³/mol. The Bertz CT molecular complexity index is 1210. The summed E-state index contributed by atoms with van der Waals surface area (Å²) >= 11 is 5.75. The van der Waals surface area contributed by atoms with Gasteiger partial charge in [0.25, 0.3) is 0 Å². The molecule has 6 nitrogen and oxygen atoms in total. The molecule has 0 bridgehead atoms. The normalized spacial score (nSPS) is 18.4. The molecule has 0 spiro atoms. The molecule has 1 aromatic heterocycles. The van der Waals surface area contributed by atoms with Crippen molar-refractivity contribution in [1.29, 1.82) is 0 Å².